The van der Waals surface area contributed by atoms with Gasteiger partial charge in [0.25, 0.3) is 0 Å². The van der Waals surface area contributed by atoms with Crippen LogP contribution in [0.4, 0.5) is 5.82 Å². The molecule has 0 aromatic carbocycles. The number of hydrogen-bond acceptors (Lipinski definition) is 11. The second-order valence-corrected chi connectivity index (χ2v) is 7.71. The highest BCUT2D eigenvalue weighted by atomic mass is 31.2. The zero-order valence-electron chi connectivity index (χ0n) is 14.3. The number of nitrogen functional groups attached to an aromatic ring is 1. The first-order valence-corrected chi connectivity index (χ1v) is 9.80. The average Bonchev–Trinajstić information content (AvgIpc) is 3.17. The van der Waals surface area contributed by atoms with Gasteiger partial charge in [-0.3, -0.25) is 18.4 Å². The molecule has 27 heavy (non-hydrogen) atoms. The Hall–Kier alpha value is -2.11. The van der Waals surface area contributed by atoms with Crippen molar-refractivity contribution in [2.75, 3.05) is 12.3 Å². The molecule has 0 aliphatic carbocycles. The number of aliphatic hydroxyl groups excluding tert-OH is 1. The van der Waals surface area contributed by atoms with E-state index in [0.29, 0.717) is 17.6 Å². The van der Waals surface area contributed by atoms with E-state index in [4.69, 9.17) is 24.0 Å². The van der Waals surface area contributed by atoms with Gasteiger partial charge in [0, 0.05) is 6.42 Å². The summed E-state index contributed by atoms with van der Waals surface area (Å²) in [4.78, 5) is 23.7. The van der Waals surface area contributed by atoms with Crippen LogP contribution in [0.2, 0.25) is 0 Å². The number of fused-ring (bicyclic) bond motifs is 2. The minimum atomic E-state index is -4.13. The average molecular weight is 399 g/mol. The number of nitrogens with zero attached hydrogens (tertiary/aromatic N) is 4. The van der Waals surface area contributed by atoms with E-state index >= 15 is 0 Å². The van der Waals surface area contributed by atoms with Gasteiger partial charge < -0.3 is 20.1 Å². The first kappa shape index (κ1) is 18.3. The molecule has 13 heteroatoms. The first-order valence-electron chi connectivity index (χ1n) is 8.34. The summed E-state index contributed by atoms with van der Waals surface area (Å²) in [6.45, 7) is 1.61. The van der Waals surface area contributed by atoms with Crippen LogP contribution < -0.4 is 5.73 Å². The van der Waals surface area contributed by atoms with Crippen LogP contribution in [0.25, 0.3) is 11.2 Å². The van der Waals surface area contributed by atoms with Crippen LogP contribution in [0.15, 0.2) is 12.7 Å². The number of hydrogen-bond donors (Lipinski definition) is 2. The van der Waals surface area contributed by atoms with Gasteiger partial charge in [0.2, 0.25) is 0 Å². The molecule has 0 radical (unpaired) electrons. The molecule has 0 saturated carbocycles. The second kappa shape index (κ2) is 6.80. The second-order valence-electron chi connectivity index (χ2n) is 6.16. The molecule has 4 heterocycles. The summed E-state index contributed by atoms with van der Waals surface area (Å²) < 4.78 is 35.1. The van der Waals surface area contributed by atoms with E-state index in [-0.39, 0.29) is 18.8 Å². The number of imidazole rings is 1. The van der Waals surface area contributed by atoms with E-state index < -0.39 is 38.3 Å². The molecule has 1 unspecified atom stereocenters. The van der Waals surface area contributed by atoms with Crippen LogP contribution >= 0.6 is 7.82 Å². The monoisotopic (exact) mass is 399 g/mol. The first-order chi connectivity index (χ1) is 12.9. The molecule has 2 saturated heterocycles. The molecular formula is C14H18N5O7P. The van der Waals surface area contributed by atoms with Crippen molar-refractivity contribution in [3.8, 4) is 0 Å². The summed E-state index contributed by atoms with van der Waals surface area (Å²) in [5, 5.41) is 10.7. The van der Waals surface area contributed by atoms with Gasteiger partial charge in [0.15, 0.2) is 17.7 Å². The Morgan fingerprint density at radius 3 is 3.07 bits per heavy atom. The lowest BCUT2D eigenvalue weighted by Gasteiger charge is -2.30. The fourth-order valence-corrected chi connectivity index (χ4v) is 4.42. The van der Waals surface area contributed by atoms with Crippen LogP contribution in [0, 0.1) is 0 Å². The van der Waals surface area contributed by atoms with Gasteiger partial charge >= 0.3 is 13.8 Å². The normalized spacial score (nSPS) is 33.1. The van der Waals surface area contributed by atoms with E-state index in [2.05, 4.69) is 15.0 Å². The molecule has 4 rings (SSSR count). The largest absolute Gasteiger partial charge is 0.532 e. The van der Waals surface area contributed by atoms with Crippen LogP contribution in [0.1, 0.15) is 26.0 Å². The maximum Gasteiger partial charge on any atom is 0.532 e. The van der Waals surface area contributed by atoms with E-state index in [1.165, 1.54) is 17.2 Å². The number of nitrogens with two attached hydrogens (primary N) is 1. The lowest BCUT2D eigenvalue weighted by molar-refractivity contribution is -0.139. The molecular weight excluding hydrogens is 381 g/mol. The van der Waals surface area contributed by atoms with Crippen molar-refractivity contribution in [1.29, 1.82) is 0 Å². The predicted octanol–water partition coefficient (Wildman–Crippen LogP) is 0.534. The number of carbonyl (C=O) groups is 1. The van der Waals surface area contributed by atoms with Gasteiger partial charge in [0.05, 0.1) is 12.9 Å². The molecule has 0 amide bonds. The number of aliphatic hydroxyl groups is 1. The minimum absolute atomic E-state index is 0.0780. The van der Waals surface area contributed by atoms with E-state index in [0.717, 1.165) is 0 Å². The lowest BCUT2D eigenvalue weighted by Crippen LogP contribution is -2.39. The van der Waals surface area contributed by atoms with Crippen molar-refractivity contribution in [3.05, 3.63) is 12.7 Å². The van der Waals surface area contributed by atoms with Gasteiger partial charge in [-0.2, -0.15) is 0 Å². The number of phosphoric acid groups is 1. The Morgan fingerprint density at radius 2 is 2.30 bits per heavy atom. The Labute approximate surface area is 153 Å². The molecule has 2 fully saturated rings. The van der Waals surface area contributed by atoms with Crippen molar-refractivity contribution >= 4 is 30.8 Å². The highest BCUT2D eigenvalue weighted by Crippen LogP contribution is 2.57. The summed E-state index contributed by atoms with van der Waals surface area (Å²) in [7, 11) is -4.13. The summed E-state index contributed by atoms with van der Waals surface area (Å²) in [5.74, 6) is -0.507. The van der Waals surface area contributed by atoms with Gasteiger partial charge in [-0.25, -0.2) is 19.5 Å². The van der Waals surface area contributed by atoms with Crippen LogP contribution in [-0.4, -0.2) is 55.5 Å². The maximum absolute atomic E-state index is 12.5. The van der Waals surface area contributed by atoms with Gasteiger partial charge in [-0.05, 0) is 6.42 Å². The van der Waals surface area contributed by atoms with Crippen molar-refractivity contribution in [3.63, 3.8) is 0 Å². The third-order valence-corrected chi connectivity index (χ3v) is 5.68. The summed E-state index contributed by atoms with van der Waals surface area (Å²) in [6.07, 6.45) is -0.611. The number of aromatic nitrogens is 4. The zero-order chi connectivity index (χ0) is 19.2. The standard InChI is InChI=1S/C14H18N5O7P/c1-2-3-8(20)25-27(22)23-4-7-11(26-27)10(21)14(24-7)19-6-18-9-12(15)16-5-17-13(9)19/h5-7,10-11,14,21H,2-4H2,1H3,(H2,15,16,17)/t7-,10-,11-,14-,27?/m1/s1. The van der Waals surface area contributed by atoms with E-state index in [1.807, 2.05) is 0 Å². The summed E-state index contributed by atoms with van der Waals surface area (Å²) in [6, 6.07) is 0. The molecule has 0 bridgehead atoms. The smallest absolute Gasteiger partial charge is 0.386 e. The topological polar surface area (TPSA) is 161 Å². The molecule has 12 nitrogen and oxygen atoms in total. The van der Waals surface area contributed by atoms with E-state index in [1.54, 1.807) is 6.92 Å². The molecule has 2 aromatic heterocycles. The molecule has 0 spiro atoms. The van der Waals surface area contributed by atoms with E-state index in [9.17, 15) is 14.5 Å². The van der Waals surface area contributed by atoms with Crippen molar-refractivity contribution < 1.29 is 32.8 Å². The third-order valence-electron chi connectivity index (χ3n) is 4.29. The van der Waals surface area contributed by atoms with Crippen LogP contribution in [-0.2, 0) is 27.7 Å². The summed E-state index contributed by atoms with van der Waals surface area (Å²) in [5.41, 5.74) is 6.49. The van der Waals surface area contributed by atoms with Gasteiger partial charge in [0.1, 0.15) is 30.2 Å². The van der Waals surface area contributed by atoms with Crippen molar-refractivity contribution in [1.82, 2.24) is 19.5 Å². The highest BCUT2D eigenvalue weighted by molar-refractivity contribution is 7.49. The molecule has 2 aromatic rings. The number of ether oxygens (including phenoxy) is 1. The maximum atomic E-state index is 12.5. The molecule has 146 valence electrons. The quantitative estimate of drug-likeness (QED) is 0.690. The fraction of sp³-hybridized carbons (Fsp3) is 0.571. The predicted molar refractivity (Wildman–Crippen MR) is 89.1 cm³/mol. The molecule has 5 atom stereocenters. The summed E-state index contributed by atoms with van der Waals surface area (Å²) >= 11 is 0. The number of anilines is 1. The zero-order valence-corrected chi connectivity index (χ0v) is 15.2. The van der Waals surface area contributed by atoms with Crippen LogP contribution in [0.3, 0.4) is 0 Å². The molecule has 3 N–H and O–H groups in total. The Kier molecular flexibility index (Phi) is 4.60. The van der Waals surface area contributed by atoms with Crippen LogP contribution in [0.5, 0.6) is 0 Å². The Balaban J connectivity index is 1.56. The van der Waals surface area contributed by atoms with Crippen molar-refractivity contribution in [2.24, 2.45) is 0 Å². The number of phosphoric ester groups is 1. The molecule has 2 aliphatic rings. The minimum Gasteiger partial charge on any atom is -0.386 e. The SMILES string of the molecule is CCCC(=O)OP1(=O)OC[C@H]2O[C@@H](n3cnc4c(N)ncnc43)[C@H](O)[C@@H]2O1. The third kappa shape index (κ3) is 3.19. The fourth-order valence-electron chi connectivity index (χ4n) is 3.04. The Bertz CT molecular complexity index is 920. The number of carbonyl (C=O) groups excluding carboxylic acids is 1. The highest BCUT2D eigenvalue weighted by Gasteiger charge is 2.54. The lowest BCUT2D eigenvalue weighted by atomic mass is 10.1. The Morgan fingerprint density at radius 1 is 1.48 bits per heavy atom. The van der Waals surface area contributed by atoms with Gasteiger partial charge in [-0.15, -0.1) is 0 Å². The van der Waals surface area contributed by atoms with Gasteiger partial charge in [-0.1, -0.05) is 6.92 Å². The molecule has 2 aliphatic heterocycles. The number of rotatable bonds is 4. The van der Waals surface area contributed by atoms with Crippen molar-refractivity contribution in [2.45, 2.75) is 44.3 Å².